The molecule has 1 N–H and O–H groups in total. The van der Waals surface area contributed by atoms with Gasteiger partial charge in [-0.1, -0.05) is 0 Å². The van der Waals surface area contributed by atoms with Gasteiger partial charge < -0.3 is 4.57 Å². The molecule has 0 aliphatic rings. The summed E-state index contributed by atoms with van der Waals surface area (Å²) in [7, 11) is -0.578. The molecular formula is C20H17F3N4O2S. The van der Waals surface area contributed by atoms with Crippen LogP contribution >= 0.6 is 0 Å². The molecule has 0 radical (unpaired) electrons. The molecule has 10 heteroatoms. The van der Waals surface area contributed by atoms with E-state index < -0.39 is 21.8 Å². The normalized spacial score (nSPS) is 12.6. The number of hydrogen-bond acceptors (Lipinski definition) is 3. The van der Waals surface area contributed by atoms with Crippen molar-refractivity contribution in [1.29, 1.82) is 0 Å². The van der Waals surface area contributed by atoms with Crippen molar-refractivity contribution in [3.8, 4) is 16.8 Å². The minimum Gasteiger partial charge on any atom is -0.316 e. The maximum atomic E-state index is 12.9. The number of sulfonamides is 1. The number of hydrogen-bond donors (Lipinski definition) is 1. The molecule has 0 saturated heterocycles. The number of halogens is 3. The Morgan fingerprint density at radius 2 is 1.73 bits per heavy atom. The van der Waals surface area contributed by atoms with Gasteiger partial charge in [-0.15, -0.1) is 0 Å². The van der Waals surface area contributed by atoms with Crippen LogP contribution in [0.3, 0.4) is 0 Å². The summed E-state index contributed by atoms with van der Waals surface area (Å²) in [5.41, 5.74) is 1.91. The topological polar surface area (TPSA) is 68.9 Å². The molecule has 0 atom stereocenters. The van der Waals surface area contributed by atoms with Gasteiger partial charge in [0.1, 0.15) is 0 Å². The average molecular weight is 434 g/mol. The Morgan fingerprint density at radius 3 is 2.30 bits per heavy atom. The second-order valence-electron chi connectivity index (χ2n) is 6.75. The Kier molecular flexibility index (Phi) is 4.70. The Bertz CT molecular complexity index is 1340. The first kappa shape index (κ1) is 20.2. The van der Waals surface area contributed by atoms with E-state index in [9.17, 15) is 21.6 Å². The predicted molar refractivity (Wildman–Crippen MR) is 107 cm³/mol. The van der Waals surface area contributed by atoms with E-state index in [4.69, 9.17) is 0 Å². The Balaban J connectivity index is 1.95. The van der Waals surface area contributed by atoms with Gasteiger partial charge >= 0.3 is 6.18 Å². The monoisotopic (exact) mass is 434 g/mol. The lowest BCUT2D eigenvalue weighted by molar-refractivity contribution is -0.137. The summed E-state index contributed by atoms with van der Waals surface area (Å²) in [6.07, 6.45) is 0.769. The second-order valence-corrected chi connectivity index (χ2v) is 8.63. The second kappa shape index (κ2) is 6.99. The highest BCUT2D eigenvalue weighted by Crippen LogP contribution is 2.35. The molecule has 0 spiro atoms. The third-order valence-electron chi connectivity index (χ3n) is 4.84. The molecule has 30 heavy (non-hydrogen) atoms. The maximum Gasteiger partial charge on any atom is 0.416 e. The third kappa shape index (κ3) is 3.48. The highest BCUT2D eigenvalue weighted by atomic mass is 32.2. The maximum absolute atomic E-state index is 12.9. The van der Waals surface area contributed by atoms with E-state index in [0.29, 0.717) is 22.2 Å². The summed E-state index contributed by atoms with van der Waals surface area (Å²) < 4.78 is 68.9. The van der Waals surface area contributed by atoms with Crippen LogP contribution in [0, 0.1) is 0 Å². The first-order valence-corrected chi connectivity index (χ1v) is 10.3. The smallest absolute Gasteiger partial charge is 0.316 e. The van der Waals surface area contributed by atoms with Crippen molar-refractivity contribution in [1.82, 2.24) is 19.1 Å². The van der Waals surface area contributed by atoms with Crippen LogP contribution < -0.4 is 4.72 Å². The van der Waals surface area contributed by atoms with E-state index in [1.807, 2.05) is 0 Å². The van der Waals surface area contributed by atoms with Crippen molar-refractivity contribution in [3.05, 3.63) is 66.6 Å². The zero-order chi connectivity index (χ0) is 21.7. The first-order chi connectivity index (χ1) is 14.1. The van der Waals surface area contributed by atoms with Crippen LogP contribution in [-0.4, -0.2) is 29.8 Å². The molecule has 4 aromatic rings. The van der Waals surface area contributed by atoms with Gasteiger partial charge in [0.2, 0.25) is 10.0 Å². The molecule has 156 valence electrons. The summed E-state index contributed by atoms with van der Waals surface area (Å²) in [5, 5.41) is 4.80. The SMILES string of the molecule is CNS(=O)(=O)c1ccc2c(c1)c(-c1cnn(C)c1)cn2-c1ccc(C(F)(F)F)cc1. The molecule has 0 amide bonds. The molecule has 0 aliphatic heterocycles. The van der Waals surface area contributed by atoms with E-state index in [-0.39, 0.29) is 4.90 Å². The molecule has 2 aromatic carbocycles. The molecule has 4 rings (SSSR count). The van der Waals surface area contributed by atoms with Gasteiger partial charge in [-0.25, -0.2) is 13.1 Å². The largest absolute Gasteiger partial charge is 0.416 e. The van der Waals surface area contributed by atoms with Gasteiger partial charge in [-0.05, 0) is 49.5 Å². The minimum atomic E-state index is -4.42. The van der Waals surface area contributed by atoms with Gasteiger partial charge in [0.25, 0.3) is 0 Å². The highest BCUT2D eigenvalue weighted by Gasteiger charge is 2.30. The number of nitrogens with one attached hydrogen (secondary N) is 1. The lowest BCUT2D eigenvalue weighted by Crippen LogP contribution is -2.18. The van der Waals surface area contributed by atoms with Gasteiger partial charge in [-0.3, -0.25) is 4.68 Å². The number of aryl methyl sites for hydroxylation is 1. The van der Waals surface area contributed by atoms with Crippen LogP contribution in [0.2, 0.25) is 0 Å². The third-order valence-corrected chi connectivity index (χ3v) is 6.26. The van der Waals surface area contributed by atoms with Crippen molar-refractivity contribution in [2.45, 2.75) is 11.1 Å². The fourth-order valence-electron chi connectivity index (χ4n) is 3.31. The number of rotatable bonds is 4. The van der Waals surface area contributed by atoms with Crippen molar-refractivity contribution < 1.29 is 21.6 Å². The molecule has 0 fully saturated rings. The van der Waals surface area contributed by atoms with Gasteiger partial charge in [0, 0.05) is 41.6 Å². The number of alkyl halides is 3. The van der Waals surface area contributed by atoms with E-state index in [1.54, 1.807) is 47.0 Å². The van der Waals surface area contributed by atoms with Crippen molar-refractivity contribution in [2.75, 3.05) is 7.05 Å². The Hall–Kier alpha value is -3.11. The van der Waals surface area contributed by atoms with Crippen molar-refractivity contribution >= 4 is 20.9 Å². The Labute approximate surface area is 170 Å². The average Bonchev–Trinajstić information content (AvgIpc) is 3.30. The van der Waals surface area contributed by atoms with Crippen LogP contribution in [0.25, 0.3) is 27.7 Å². The van der Waals surface area contributed by atoms with Crippen LogP contribution in [-0.2, 0) is 23.2 Å². The van der Waals surface area contributed by atoms with Gasteiger partial charge in [-0.2, -0.15) is 18.3 Å². The predicted octanol–water partition coefficient (Wildman–Crippen LogP) is 3.96. The number of benzene rings is 2. The number of fused-ring (bicyclic) bond motifs is 1. The molecule has 2 heterocycles. The van der Waals surface area contributed by atoms with Crippen LogP contribution in [0.5, 0.6) is 0 Å². The van der Waals surface area contributed by atoms with Gasteiger partial charge in [0.15, 0.2) is 0 Å². The fraction of sp³-hybridized carbons (Fsp3) is 0.150. The Morgan fingerprint density at radius 1 is 1.03 bits per heavy atom. The van der Waals surface area contributed by atoms with Crippen LogP contribution in [0.1, 0.15) is 5.56 Å². The number of nitrogens with zero attached hydrogens (tertiary/aromatic N) is 3. The van der Waals surface area contributed by atoms with E-state index in [0.717, 1.165) is 17.7 Å². The van der Waals surface area contributed by atoms with E-state index in [1.165, 1.54) is 25.2 Å². The molecule has 0 unspecified atom stereocenters. The van der Waals surface area contributed by atoms with Gasteiger partial charge in [0.05, 0.1) is 22.2 Å². The number of aromatic nitrogens is 3. The van der Waals surface area contributed by atoms with E-state index >= 15 is 0 Å². The summed E-state index contributed by atoms with van der Waals surface area (Å²) in [6.45, 7) is 0. The van der Waals surface area contributed by atoms with Crippen LogP contribution in [0.4, 0.5) is 13.2 Å². The highest BCUT2D eigenvalue weighted by molar-refractivity contribution is 7.89. The molecule has 0 aliphatic carbocycles. The standard InChI is InChI=1S/C20H17F3N4O2S/c1-24-30(28,29)16-7-8-19-17(9-16)18(13-10-25-26(2)11-13)12-27(19)15-5-3-14(4-6-15)20(21,22)23/h3-12,24H,1-2H3. The molecule has 6 nitrogen and oxygen atoms in total. The molecule has 0 saturated carbocycles. The quantitative estimate of drug-likeness (QED) is 0.529. The lowest BCUT2D eigenvalue weighted by Gasteiger charge is -2.09. The summed E-state index contributed by atoms with van der Waals surface area (Å²) in [6, 6.07) is 9.44. The molecule has 2 aromatic heterocycles. The summed E-state index contributed by atoms with van der Waals surface area (Å²) in [4.78, 5) is 0.0906. The zero-order valence-electron chi connectivity index (χ0n) is 16.0. The van der Waals surface area contributed by atoms with Crippen molar-refractivity contribution in [3.63, 3.8) is 0 Å². The lowest BCUT2D eigenvalue weighted by atomic mass is 10.1. The minimum absolute atomic E-state index is 0.0906. The summed E-state index contributed by atoms with van der Waals surface area (Å²) in [5.74, 6) is 0. The zero-order valence-corrected chi connectivity index (χ0v) is 16.8. The van der Waals surface area contributed by atoms with Crippen LogP contribution in [0.15, 0.2) is 66.0 Å². The first-order valence-electron chi connectivity index (χ1n) is 8.85. The molecular weight excluding hydrogens is 417 g/mol. The van der Waals surface area contributed by atoms with Crippen molar-refractivity contribution in [2.24, 2.45) is 7.05 Å². The fourth-order valence-corrected chi connectivity index (χ4v) is 4.07. The molecule has 0 bridgehead atoms. The van der Waals surface area contributed by atoms with E-state index in [2.05, 4.69) is 9.82 Å². The summed E-state index contributed by atoms with van der Waals surface area (Å²) >= 11 is 0.